The van der Waals surface area contributed by atoms with E-state index in [2.05, 4.69) is 5.32 Å². The van der Waals surface area contributed by atoms with Crippen molar-refractivity contribution >= 4 is 62.4 Å². The van der Waals surface area contributed by atoms with Crippen LogP contribution in [0.1, 0.15) is 47.5 Å². The van der Waals surface area contributed by atoms with Crippen molar-refractivity contribution in [3.05, 3.63) is 110 Å². The average molecular weight is 581 g/mol. The number of carbonyl (C=O) groups is 2. The summed E-state index contributed by atoms with van der Waals surface area (Å²) in [4.78, 5) is 28.2. The summed E-state index contributed by atoms with van der Waals surface area (Å²) in [5, 5.41) is 14.5. The first-order valence-corrected chi connectivity index (χ1v) is 13.8. The van der Waals surface area contributed by atoms with Crippen molar-refractivity contribution < 1.29 is 19.1 Å². The number of carbonyl (C=O) groups excluding carboxylic acids is 2. The van der Waals surface area contributed by atoms with E-state index in [9.17, 15) is 19.1 Å². The zero-order chi connectivity index (χ0) is 27.9. The molecular formula is C31H24Cl2FNO3S. The molecule has 0 saturated heterocycles. The van der Waals surface area contributed by atoms with E-state index >= 15 is 0 Å². The molecule has 0 amide bonds. The maximum Gasteiger partial charge on any atom is 0.199 e. The second-order valence-electron chi connectivity index (χ2n) is 10.2. The minimum Gasteiger partial charge on any atom is -0.511 e. The van der Waals surface area contributed by atoms with Gasteiger partial charge in [0.25, 0.3) is 0 Å². The number of hydrogen-bond donors (Lipinski definition) is 2. The van der Waals surface area contributed by atoms with E-state index in [0.717, 1.165) is 6.07 Å². The van der Waals surface area contributed by atoms with Crippen LogP contribution in [-0.4, -0.2) is 16.7 Å². The summed E-state index contributed by atoms with van der Waals surface area (Å²) in [7, 11) is 0. The zero-order valence-corrected chi connectivity index (χ0v) is 23.5. The fraction of sp³-hybridized carbons (Fsp3) is 0.161. The zero-order valence-electron chi connectivity index (χ0n) is 21.1. The lowest BCUT2D eigenvalue weighted by molar-refractivity contribution is -0.116. The van der Waals surface area contributed by atoms with Crippen LogP contribution in [0.15, 0.2) is 78.6 Å². The molecular weight excluding hydrogens is 556 g/mol. The fourth-order valence-electron chi connectivity index (χ4n) is 4.85. The number of para-hydroxylation sites is 1. The van der Waals surface area contributed by atoms with Crippen LogP contribution in [0.3, 0.4) is 0 Å². The molecule has 0 atom stereocenters. The number of allylic oxidation sites excluding steroid dienone is 2. The molecule has 0 spiro atoms. The summed E-state index contributed by atoms with van der Waals surface area (Å²) in [6.45, 7) is 3.85. The lowest BCUT2D eigenvalue weighted by Crippen LogP contribution is -2.25. The Hall–Kier alpha value is -3.45. The van der Waals surface area contributed by atoms with Gasteiger partial charge in [0.05, 0.1) is 31.6 Å². The summed E-state index contributed by atoms with van der Waals surface area (Å²) in [6, 6.07) is 20.7. The average Bonchev–Trinajstić information content (AvgIpc) is 3.24. The molecule has 3 aromatic carbocycles. The van der Waals surface area contributed by atoms with E-state index in [0.29, 0.717) is 33.1 Å². The minimum atomic E-state index is -0.774. The van der Waals surface area contributed by atoms with Gasteiger partial charge >= 0.3 is 0 Å². The van der Waals surface area contributed by atoms with Gasteiger partial charge in [-0.1, -0.05) is 85.6 Å². The number of aliphatic hydroxyl groups excluding tert-OH is 1. The standard InChI is InChI=1S/C31H24Cl2FNO3S/c1-31(2)15-21(36)25(22(37)16-31)29-23(17-9-5-3-6-10-17)26(30(39-29)35-18-11-7-4-8-12-18)28(38)24-19(32)13-14-20(34)27(24)33/h3-14,35-36H,15-16H2,1-2H3. The molecule has 198 valence electrons. The molecule has 5 rings (SSSR count). The number of anilines is 2. The SMILES string of the molecule is CC1(C)CC(=O)C(c2sc(Nc3ccccc3)c(C(=O)c3c(Cl)ccc(F)c3Cl)c2-c2ccccc2)=C(O)C1. The molecule has 0 saturated carbocycles. The second kappa shape index (κ2) is 10.6. The van der Waals surface area contributed by atoms with Gasteiger partial charge in [0.1, 0.15) is 16.6 Å². The van der Waals surface area contributed by atoms with E-state index in [1.54, 1.807) is 0 Å². The Balaban J connectivity index is 1.84. The van der Waals surface area contributed by atoms with Crippen LogP contribution in [0.4, 0.5) is 15.1 Å². The van der Waals surface area contributed by atoms with E-state index in [-0.39, 0.29) is 44.7 Å². The summed E-state index contributed by atoms with van der Waals surface area (Å²) in [6.07, 6.45) is 0.553. The number of halogens is 3. The highest BCUT2D eigenvalue weighted by atomic mass is 35.5. The topological polar surface area (TPSA) is 66.4 Å². The first kappa shape index (κ1) is 27.1. The highest BCUT2D eigenvalue weighted by Crippen LogP contribution is 2.50. The van der Waals surface area contributed by atoms with Crippen molar-refractivity contribution in [1.29, 1.82) is 0 Å². The lowest BCUT2D eigenvalue weighted by Gasteiger charge is -2.29. The monoisotopic (exact) mass is 579 g/mol. The Bertz CT molecular complexity index is 1630. The summed E-state index contributed by atoms with van der Waals surface area (Å²) >= 11 is 13.9. The van der Waals surface area contributed by atoms with Gasteiger partial charge in [0, 0.05) is 24.1 Å². The van der Waals surface area contributed by atoms with E-state index in [1.165, 1.54) is 17.4 Å². The Kier molecular flexibility index (Phi) is 7.38. The molecule has 0 radical (unpaired) electrons. The number of rotatable bonds is 6. The van der Waals surface area contributed by atoms with Gasteiger partial charge in [-0.3, -0.25) is 9.59 Å². The van der Waals surface area contributed by atoms with E-state index < -0.39 is 17.0 Å². The van der Waals surface area contributed by atoms with Gasteiger partial charge in [-0.25, -0.2) is 4.39 Å². The largest absolute Gasteiger partial charge is 0.511 e. The number of hydrogen-bond acceptors (Lipinski definition) is 5. The van der Waals surface area contributed by atoms with Crippen LogP contribution in [0, 0.1) is 11.2 Å². The van der Waals surface area contributed by atoms with Crippen molar-refractivity contribution in [1.82, 2.24) is 0 Å². The lowest BCUT2D eigenvalue weighted by atomic mass is 9.75. The molecule has 0 bridgehead atoms. The Morgan fingerprint density at radius 3 is 2.23 bits per heavy atom. The van der Waals surface area contributed by atoms with Crippen LogP contribution in [-0.2, 0) is 4.79 Å². The predicted molar refractivity (Wildman–Crippen MR) is 157 cm³/mol. The molecule has 2 N–H and O–H groups in total. The number of Topliss-reactive ketones (excluding diaryl/α,β-unsaturated/α-hetero) is 1. The first-order chi connectivity index (χ1) is 18.6. The van der Waals surface area contributed by atoms with Crippen molar-refractivity contribution in [3.8, 4) is 11.1 Å². The van der Waals surface area contributed by atoms with E-state index in [4.69, 9.17) is 23.2 Å². The number of benzene rings is 3. The molecule has 1 aromatic heterocycles. The van der Waals surface area contributed by atoms with Crippen LogP contribution in [0.25, 0.3) is 16.7 Å². The highest BCUT2D eigenvalue weighted by Gasteiger charge is 2.38. The smallest absolute Gasteiger partial charge is 0.199 e. The molecule has 8 heteroatoms. The third-order valence-electron chi connectivity index (χ3n) is 6.58. The highest BCUT2D eigenvalue weighted by molar-refractivity contribution is 7.18. The van der Waals surface area contributed by atoms with Gasteiger partial charge < -0.3 is 10.4 Å². The predicted octanol–water partition coefficient (Wildman–Crippen LogP) is 9.49. The summed E-state index contributed by atoms with van der Waals surface area (Å²) < 4.78 is 14.5. The van der Waals surface area contributed by atoms with Crippen molar-refractivity contribution in [2.45, 2.75) is 26.7 Å². The fourth-order valence-corrected chi connectivity index (χ4v) is 6.72. The number of aliphatic hydroxyl groups is 1. The van der Waals surface area contributed by atoms with Gasteiger partial charge in [0.2, 0.25) is 0 Å². The Morgan fingerprint density at radius 1 is 0.949 bits per heavy atom. The molecule has 39 heavy (non-hydrogen) atoms. The summed E-state index contributed by atoms with van der Waals surface area (Å²) in [5.41, 5.74) is 1.57. The molecule has 0 aliphatic heterocycles. The van der Waals surface area contributed by atoms with Crippen LogP contribution in [0.5, 0.6) is 0 Å². The third kappa shape index (κ3) is 5.24. The molecule has 4 nitrogen and oxygen atoms in total. The summed E-state index contributed by atoms with van der Waals surface area (Å²) in [5.74, 6) is -1.62. The molecule has 0 fully saturated rings. The molecule has 4 aromatic rings. The molecule has 0 unspecified atom stereocenters. The van der Waals surface area contributed by atoms with Gasteiger partial charge in [0.15, 0.2) is 11.6 Å². The molecule has 1 aliphatic carbocycles. The van der Waals surface area contributed by atoms with Crippen molar-refractivity contribution in [2.75, 3.05) is 5.32 Å². The van der Waals surface area contributed by atoms with Crippen molar-refractivity contribution in [2.24, 2.45) is 5.41 Å². The van der Waals surface area contributed by atoms with Gasteiger partial charge in [-0.15, -0.1) is 11.3 Å². The molecule has 1 aliphatic rings. The first-order valence-electron chi connectivity index (χ1n) is 12.3. The maximum absolute atomic E-state index is 14.5. The van der Waals surface area contributed by atoms with E-state index in [1.807, 2.05) is 74.5 Å². The second-order valence-corrected chi connectivity index (χ2v) is 12.0. The normalized spacial score (nSPS) is 14.9. The number of ketones is 2. The Labute approximate surface area is 239 Å². The van der Waals surface area contributed by atoms with Crippen LogP contribution in [0.2, 0.25) is 10.0 Å². The molecule has 1 heterocycles. The quantitative estimate of drug-likeness (QED) is 0.176. The minimum absolute atomic E-state index is 0.00128. The Morgan fingerprint density at radius 2 is 1.59 bits per heavy atom. The van der Waals surface area contributed by atoms with Gasteiger partial charge in [-0.2, -0.15) is 0 Å². The van der Waals surface area contributed by atoms with Gasteiger partial charge in [-0.05, 0) is 35.2 Å². The van der Waals surface area contributed by atoms with Crippen molar-refractivity contribution in [3.63, 3.8) is 0 Å². The maximum atomic E-state index is 14.5. The number of nitrogens with one attached hydrogen (secondary N) is 1. The number of thiophene rings is 1. The third-order valence-corrected chi connectivity index (χ3v) is 8.39. The van der Waals surface area contributed by atoms with Crippen LogP contribution < -0.4 is 5.32 Å². The van der Waals surface area contributed by atoms with Crippen LogP contribution >= 0.6 is 34.5 Å².